The topological polar surface area (TPSA) is 95.6 Å². The number of nitrogen functional groups attached to an aromatic ring is 1. The minimum atomic E-state index is -0.297. The molecule has 0 radical (unpaired) electrons. The zero-order chi connectivity index (χ0) is 13.1. The molecular formula is C11H7BrN4OS. The lowest BCUT2D eigenvalue weighted by Crippen LogP contribution is -2.09. The monoisotopic (exact) mass is 322 g/mol. The van der Waals surface area contributed by atoms with E-state index in [4.69, 9.17) is 11.0 Å². The molecule has 0 amide bonds. The summed E-state index contributed by atoms with van der Waals surface area (Å²) < 4.78 is 0.761. The van der Waals surface area contributed by atoms with E-state index in [1.165, 1.54) is 17.8 Å². The van der Waals surface area contributed by atoms with Crippen molar-refractivity contribution in [2.24, 2.45) is 0 Å². The highest BCUT2D eigenvalue weighted by atomic mass is 79.9. The van der Waals surface area contributed by atoms with Crippen molar-refractivity contribution in [2.45, 2.75) is 10.1 Å². The van der Waals surface area contributed by atoms with Gasteiger partial charge in [0.05, 0.1) is 11.6 Å². The van der Waals surface area contributed by atoms with E-state index in [2.05, 4.69) is 25.9 Å². The number of rotatable bonds is 2. The van der Waals surface area contributed by atoms with Crippen molar-refractivity contribution < 1.29 is 0 Å². The zero-order valence-corrected chi connectivity index (χ0v) is 11.4. The molecule has 0 aliphatic carbocycles. The largest absolute Gasteiger partial charge is 0.383 e. The smallest absolute Gasteiger partial charge is 0.253 e. The van der Waals surface area contributed by atoms with Crippen molar-refractivity contribution in [1.29, 1.82) is 5.26 Å². The van der Waals surface area contributed by atoms with Crippen molar-refractivity contribution in [1.82, 2.24) is 9.97 Å². The molecule has 0 bridgehead atoms. The molecule has 2 aromatic rings. The van der Waals surface area contributed by atoms with Gasteiger partial charge in [0.2, 0.25) is 0 Å². The van der Waals surface area contributed by atoms with Crippen LogP contribution in [0.2, 0.25) is 0 Å². The van der Waals surface area contributed by atoms with E-state index in [-0.39, 0.29) is 11.4 Å². The Labute approximate surface area is 115 Å². The van der Waals surface area contributed by atoms with Gasteiger partial charge in [0.25, 0.3) is 5.56 Å². The molecule has 0 saturated heterocycles. The molecule has 0 aliphatic heterocycles. The van der Waals surface area contributed by atoms with Crippen LogP contribution in [0.15, 0.2) is 43.6 Å². The number of anilines is 1. The number of halogens is 1. The minimum Gasteiger partial charge on any atom is -0.383 e. The third kappa shape index (κ3) is 2.91. The predicted molar refractivity (Wildman–Crippen MR) is 72.3 cm³/mol. The Morgan fingerprint density at radius 1 is 1.44 bits per heavy atom. The lowest BCUT2D eigenvalue weighted by molar-refractivity contribution is 0.945. The molecule has 0 saturated carbocycles. The number of aromatic nitrogens is 2. The Bertz CT molecular complexity index is 692. The fourth-order valence-corrected chi connectivity index (χ4v) is 2.68. The number of hydrogen-bond donors (Lipinski definition) is 2. The second-order valence-electron chi connectivity index (χ2n) is 3.33. The van der Waals surface area contributed by atoms with Crippen LogP contribution in [-0.4, -0.2) is 9.97 Å². The number of nitrogens with one attached hydrogen (secondary N) is 1. The van der Waals surface area contributed by atoms with Gasteiger partial charge in [-0.1, -0.05) is 11.8 Å². The Morgan fingerprint density at radius 3 is 2.83 bits per heavy atom. The summed E-state index contributed by atoms with van der Waals surface area (Å²) in [5.74, 6) is 0.172. The van der Waals surface area contributed by atoms with Crippen LogP contribution in [0.5, 0.6) is 0 Å². The molecule has 0 atom stereocenters. The SMILES string of the molecule is N#Cc1ccc(Sc2nc(N)cc(=O)[nH]2)c(Br)c1. The fraction of sp³-hybridized carbons (Fsp3) is 0. The van der Waals surface area contributed by atoms with Crippen LogP contribution in [0.3, 0.4) is 0 Å². The van der Waals surface area contributed by atoms with Crippen molar-refractivity contribution in [3.63, 3.8) is 0 Å². The summed E-state index contributed by atoms with van der Waals surface area (Å²) in [6, 6.07) is 8.43. The highest BCUT2D eigenvalue weighted by Crippen LogP contribution is 2.31. The normalized spacial score (nSPS) is 10.0. The molecule has 0 aliphatic rings. The lowest BCUT2D eigenvalue weighted by Gasteiger charge is -2.04. The Hall–Kier alpha value is -1.78. The molecule has 0 spiro atoms. The first-order valence-corrected chi connectivity index (χ1v) is 6.44. The molecule has 0 fully saturated rings. The second-order valence-corrected chi connectivity index (χ2v) is 5.22. The summed E-state index contributed by atoms with van der Waals surface area (Å²) in [7, 11) is 0. The quantitative estimate of drug-likeness (QED) is 0.826. The number of H-pyrrole nitrogens is 1. The van der Waals surface area contributed by atoms with E-state index in [0.29, 0.717) is 10.7 Å². The van der Waals surface area contributed by atoms with E-state index in [1.807, 2.05) is 6.07 Å². The van der Waals surface area contributed by atoms with Crippen molar-refractivity contribution in [3.8, 4) is 6.07 Å². The summed E-state index contributed by atoms with van der Waals surface area (Å²) in [5, 5.41) is 9.17. The predicted octanol–water partition coefficient (Wildman–Crippen LogP) is 2.14. The average molecular weight is 323 g/mol. The molecule has 1 aromatic carbocycles. The molecule has 90 valence electrons. The van der Waals surface area contributed by atoms with Crippen LogP contribution >= 0.6 is 27.7 Å². The van der Waals surface area contributed by atoms with E-state index in [0.717, 1.165) is 9.37 Å². The first-order chi connectivity index (χ1) is 8.58. The molecule has 7 heteroatoms. The van der Waals surface area contributed by atoms with Gasteiger partial charge in [-0.15, -0.1) is 0 Å². The van der Waals surface area contributed by atoms with Gasteiger partial charge in [-0.3, -0.25) is 4.79 Å². The van der Waals surface area contributed by atoms with Crippen LogP contribution in [0.1, 0.15) is 5.56 Å². The molecule has 1 heterocycles. The average Bonchev–Trinajstić information content (AvgIpc) is 2.30. The van der Waals surface area contributed by atoms with Gasteiger partial charge in [0.1, 0.15) is 5.82 Å². The third-order valence-electron chi connectivity index (χ3n) is 2.01. The number of aromatic amines is 1. The minimum absolute atomic E-state index is 0.172. The first kappa shape index (κ1) is 12.7. The van der Waals surface area contributed by atoms with E-state index in [1.54, 1.807) is 18.2 Å². The molecule has 3 N–H and O–H groups in total. The molecule has 0 unspecified atom stereocenters. The van der Waals surface area contributed by atoms with Crippen LogP contribution in [0, 0.1) is 11.3 Å². The number of nitrogens with two attached hydrogens (primary N) is 1. The number of nitrogens with zero attached hydrogens (tertiary/aromatic N) is 2. The third-order valence-corrected chi connectivity index (χ3v) is 3.89. The van der Waals surface area contributed by atoms with Gasteiger partial charge in [-0.05, 0) is 34.1 Å². The Balaban J connectivity index is 2.34. The molecular weight excluding hydrogens is 316 g/mol. The lowest BCUT2D eigenvalue weighted by atomic mass is 10.2. The number of nitriles is 1. The highest BCUT2D eigenvalue weighted by molar-refractivity contribution is 9.10. The molecule has 5 nitrogen and oxygen atoms in total. The van der Waals surface area contributed by atoms with Crippen molar-refractivity contribution in [3.05, 3.63) is 44.7 Å². The Morgan fingerprint density at radius 2 is 2.22 bits per heavy atom. The van der Waals surface area contributed by atoms with Crippen molar-refractivity contribution in [2.75, 3.05) is 5.73 Å². The van der Waals surface area contributed by atoms with Gasteiger partial charge < -0.3 is 10.7 Å². The zero-order valence-electron chi connectivity index (χ0n) is 8.98. The van der Waals surface area contributed by atoms with Gasteiger partial charge in [-0.2, -0.15) is 5.26 Å². The van der Waals surface area contributed by atoms with Gasteiger partial charge in [0.15, 0.2) is 5.16 Å². The standard InChI is InChI=1S/C11H7BrN4OS/c12-7-3-6(5-13)1-2-8(7)18-11-15-9(14)4-10(17)16-11/h1-4H,(H3,14,15,16,17). The maximum absolute atomic E-state index is 11.2. The summed E-state index contributed by atoms with van der Waals surface area (Å²) in [6.07, 6.45) is 0. The number of benzene rings is 1. The fourth-order valence-electron chi connectivity index (χ4n) is 1.26. The second kappa shape index (κ2) is 5.25. The summed E-state index contributed by atoms with van der Waals surface area (Å²) in [6.45, 7) is 0. The molecule has 18 heavy (non-hydrogen) atoms. The number of hydrogen-bond acceptors (Lipinski definition) is 5. The van der Waals surface area contributed by atoms with Crippen LogP contribution in [-0.2, 0) is 0 Å². The maximum atomic E-state index is 11.2. The van der Waals surface area contributed by atoms with E-state index in [9.17, 15) is 4.79 Å². The highest BCUT2D eigenvalue weighted by Gasteiger charge is 2.06. The van der Waals surface area contributed by atoms with Crippen LogP contribution in [0.25, 0.3) is 0 Å². The molecule has 2 rings (SSSR count). The van der Waals surface area contributed by atoms with Crippen LogP contribution < -0.4 is 11.3 Å². The first-order valence-electron chi connectivity index (χ1n) is 4.83. The van der Waals surface area contributed by atoms with Gasteiger partial charge in [0, 0.05) is 15.4 Å². The Kier molecular flexibility index (Phi) is 3.69. The summed E-state index contributed by atoms with van der Waals surface area (Å²) in [5.41, 5.74) is 5.76. The molecule has 1 aromatic heterocycles. The van der Waals surface area contributed by atoms with Crippen LogP contribution in [0.4, 0.5) is 5.82 Å². The van der Waals surface area contributed by atoms with Crippen molar-refractivity contribution >= 4 is 33.5 Å². The van der Waals surface area contributed by atoms with Gasteiger partial charge >= 0.3 is 0 Å². The van der Waals surface area contributed by atoms with Gasteiger partial charge in [-0.25, -0.2) is 4.98 Å². The summed E-state index contributed by atoms with van der Waals surface area (Å²) >= 11 is 4.62. The van der Waals surface area contributed by atoms with E-state index >= 15 is 0 Å². The maximum Gasteiger partial charge on any atom is 0.253 e. The van der Waals surface area contributed by atoms with E-state index < -0.39 is 0 Å². The summed E-state index contributed by atoms with van der Waals surface area (Å²) in [4.78, 5) is 18.7.